The van der Waals surface area contributed by atoms with Gasteiger partial charge in [0, 0.05) is 28.7 Å². The molecule has 0 aliphatic rings. The van der Waals surface area contributed by atoms with Crippen LogP contribution in [0.4, 0.5) is 0 Å². The summed E-state index contributed by atoms with van der Waals surface area (Å²) < 4.78 is 0. The van der Waals surface area contributed by atoms with Gasteiger partial charge < -0.3 is 5.11 Å². The maximum Gasteiger partial charge on any atom is 0.145 e. The zero-order valence-corrected chi connectivity index (χ0v) is 8.81. The summed E-state index contributed by atoms with van der Waals surface area (Å²) in [4.78, 5) is 8.56. The molecule has 0 amide bonds. The predicted molar refractivity (Wildman–Crippen MR) is 63.4 cm³/mol. The third-order valence-electron chi connectivity index (χ3n) is 2.85. The van der Waals surface area contributed by atoms with Gasteiger partial charge in [-0.15, -0.1) is 0 Å². The number of phenolic OH excluding ortho intramolecular Hbond substituents is 1. The van der Waals surface area contributed by atoms with E-state index in [2.05, 4.69) is 9.97 Å². The fourth-order valence-electron chi connectivity index (χ4n) is 2.01. The summed E-state index contributed by atoms with van der Waals surface area (Å²) >= 11 is 0. The molecule has 0 spiro atoms. The number of pyridine rings is 2. The Bertz CT molecular complexity index is 631. The van der Waals surface area contributed by atoms with Crippen LogP contribution in [0, 0.1) is 6.92 Å². The van der Waals surface area contributed by atoms with Crippen LogP contribution in [-0.4, -0.2) is 15.1 Å². The number of fused-ring (bicyclic) bond motifs is 3. The summed E-state index contributed by atoms with van der Waals surface area (Å²) in [6, 6.07) is 7.61. The van der Waals surface area contributed by atoms with Crippen LogP contribution in [0.1, 0.15) is 5.56 Å². The van der Waals surface area contributed by atoms with Gasteiger partial charge in [-0.25, -0.2) is 0 Å². The Labute approximate surface area is 92.4 Å². The standard InChI is InChI=1S/C13H10N2O/c1-8-9-4-2-6-14-11(9)10-5-3-7-15-12(10)13(8)16/h2-7,16H,1H3. The average molecular weight is 210 g/mol. The fraction of sp³-hybridized carbons (Fsp3) is 0.0769. The Morgan fingerprint density at radius 1 is 0.938 bits per heavy atom. The minimum Gasteiger partial charge on any atom is -0.505 e. The van der Waals surface area contributed by atoms with Gasteiger partial charge in [-0.1, -0.05) is 6.07 Å². The van der Waals surface area contributed by atoms with Crippen LogP contribution in [0.3, 0.4) is 0 Å². The molecule has 0 radical (unpaired) electrons. The second-order valence-electron chi connectivity index (χ2n) is 3.77. The third-order valence-corrected chi connectivity index (χ3v) is 2.85. The number of nitrogens with zero attached hydrogens (tertiary/aromatic N) is 2. The molecule has 0 saturated carbocycles. The van der Waals surface area contributed by atoms with Crippen molar-refractivity contribution in [2.24, 2.45) is 0 Å². The van der Waals surface area contributed by atoms with Crippen LogP contribution in [0.5, 0.6) is 5.75 Å². The van der Waals surface area contributed by atoms with Gasteiger partial charge in [0.25, 0.3) is 0 Å². The van der Waals surface area contributed by atoms with Crippen molar-refractivity contribution in [3.8, 4) is 5.75 Å². The maximum atomic E-state index is 10.1. The van der Waals surface area contributed by atoms with E-state index in [0.717, 1.165) is 21.9 Å². The predicted octanol–water partition coefficient (Wildman–Crippen LogP) is 2.80. The van der Waals surface area contributed by atoms with E-state index in [1.165, 1.54) is 0 Å². The molecule has 3 aromatic rings. The van der Waals surface area contributed by atoms with Crippen LogP contribution < -0.4 is 0 Å². The van der Waals surface area contributed by atoms with Crippen LogP contribution in [0.15, 0.2) is 36.7 Å². The molecule has 3 rings (SSSR count). The van der Waals surface area contributed by atoms with Gasteiger partial charge in [-0.2, -0.15) is 0 Å². The number of aryl methyl sites for hydroxylation is 1. The molecule has 16 heavy (non-hydrogen) atoms. The molecule has 3 nitrogen and oxygen atoms in total. The molecule has 0 saturated heterocycles. The molecule has 0 bridgehead atoms. The van der Waals surface area contributed by atoms with Crippen LogP contribution in [0.25, 0.3) is 21.8 Å². The topological polar surface area (TPSA) is 46.0 Å². The second-order valence-corrected chi connectivity index (χ2v) is 3.77. The Hall–Kier alpha value is -2.16. The van der Waals surface area contributed by atoms with E-state index in [9.17, 15) is 5.11 Å². The molecule has 2 aromatic heterocycles. The summed E-state index contributed by atoms with van der Waals surface area (Å²) in [6.45, 7) is 1.88. The van der Waals surface area contributed by atoms with Gasteiger partial charge in [0.15, 0.2) is 0 Å². The first-order valence-electron chi connectivity index (χ1n) is 5.10. The minimum atomic E-state index is 0.246. The fourth-order valence-corrected chi connectivity index (χ4v) is 2.01. The summed E-state index contributed by atoms with van der Waals surface area (Å²) in [5.74, 6) is 0.246. The second kappa shape index (κ2) is 3.17. The number of aromatic nitrogens is 2. The Morgan fingerprint density at radius 3 is 2.31 bits per heavy atom. The number of hydrogen-bond donors (Lipinski definition) is 1. The molecule has 0 atom stereocenters. The molecule has 0 aliphatic carbocycles. The molecule has 3 heteroatoms. The molecule has 0 aliphatic heterocycles. The largest absolute Gasteiger partial charge is 0.505 e. The quantitative estimate of drug-likeness (QED) is 0.580. The lowest BCUT2D eigenvalue weighted by molar-refractivity contribution is 0.477. The van der Waals surface area contributed by atoms with Crippen LogP contribution >= 0.6 is 0 Å². The highest BCUT2D eigenvalue weighted by molar-refractivity contribution is 6.08. The van der Waals surface area contributed by atoms with E-state index in [1.807, 2.05) is 31.2 Å². The summed E-state index contributed by atoms with van der Waals surface area (Å²) in [6.07, 6.45) is 3.43. The monoisotopic (exact) mass is 210 g/mol. The van der Waals surface area contributed by atoms with Crippen LogP contribution in [0.2, 0.25) is 0 Å². The smallest absolute Gasteiger partial charge is 0.145 e. The Morgan fingerprint density at radius 2 is 1.56 bits per heavy atom. The maximum absolute atomic E-state index is 10.1. The van der Waals surface area contributed by atoms with Crippen molar-refractivity contribution in [1.82, 2.24) is 9.97 Å². The van der Waals surface area contributed by atoms with Crippen LogP contribution in [-0.2, 0) is 0 Å². The van der Waals surface area contributed by atoms with Gasteiger partial charge in [-0.3, -0.25) is 9.97 Å². The number of phenols is 1. The Kier molecular flexibility index (Phi) is 1.80. The average Bonchev–Trinajstić information content (AvgIpc) is 2.36. The number of rotatable bonds is 0. The summed E-state index contributed by atoms with van der Waals surface area (Å²) in [5.41, 5.74) is 2.33. The first kappa shape index (κ1) is 9.09. The van der Waals surface area contributed by atoms with E-state index >= 15 is 0 Å². The molecule has 1 N–H and O–H groups in total. The molecule has 1 aromatic carbocycles. The first-order valence-corrected chi connectivity index (χ1v) is 5.10. The van der Waals surface area contributed by atoms with Gasteiger partial charge >= 0.3 is 0 Å². The third kappa shape index (κ3) is 1.08. The highest BCUT2D eigenvalue weighted by Crippen LogP contribution is 2.33. The van der Waals surface area contributed by atoms with Crippen molar-refractivity contribution in [3.05, 3.63) is 42.2 Å². The lowest BCUT2D eigenvalue weighted by Gasteiger charge is -2.08. The van der Waals surface area contributed by atoms with E-state index in [4.69, 9.17) is 0 Å². The zero-order valence-electron chi connectivity index (χ0n) is 8.81. The van der Waals surface area contributed by atoms with E-state index in [-0.39, 0.29) is 5.75 Å². The van der Waals surface area contributed by atoms with Gasteiger partial charge in [-0.05, 0) is 25.1 Å². The summed E-state index contributed by atoms with van der Waals surface area (Å²) in [7, 11) is 0. The normalized spacial score (nSPS) is 11.1. The number of aromatic hydroxyl groups is 1. The van der Waals surface area contributed by atoms with E-state index in [1.54, 1.807) is 12.4 Å². The van der Waals surface area contributed by atoms with Gasteiger partial charge in [0.1, 0.15) is 11.3 Å². The van der Waals surface area contributed by atoms with Gasteiger partial charge in [0.05, 0.1) is 5.52 Å². The molecular weight excluding hydrogens is 200 g/mol. The summed E-state index contributed by atoms with van der Waals surface area (Å²) in [5, 5.41) is 11.9. The van der Waals surface area contributed by atoms with Crippen molar-refractivity contribution in [2.75, 3.05) is 0 Å². The van der Waals surface area contributed by atoms with E-state index in [0.29, 0.717) is 5.52 Å². The molecular formula is C13H10N2O. The zero-order chi connectivity index (χ0) is 11.1. The highest BCUT2D eigenvalue weighted by Gasteiger charge is 2.11. The number of hydrogen-bond acceptors (Lipinski definition) is 3. The van der Waals surface area contributed by atoms with E-state index < -0.39 is 0 Å². The molecule has 78 valence electrons. The highest BCUT2D eigenvalue weighted by atomic mass is 16.3. The number of benzene rings is 1. The SMILES string of the molecule is Cc1c(O)c2ncccc2c2ncccc12. The minimum absolute atomic E-state index is 0.246. The Balaban J connectivity index is 2.69. The lowest BCUT2D eigenvalue weighted by atomic mass is 10.0. The lowest BCUT2D eigenvalue weighted by Crippen LogP contribution is -1.88. The molecule has 0 fully saturated rings. The van der Waals surface area contributed by atoms with Crippen molar-refractivity contribution in [1.29, 1.82) is 0 Å². The molecule has 2 heterocycles. The van der Waals surface area contributed by atoms with Crippen molar-refractivity contribution in [3.63, 3.8) is 0 Å². The van der Waals surface area contributed by atoms with Crippen molar-refractivity contribution < 1.29 is 5.11 Å². The van der Waals surface area contributed by atoms with Gasteiger partial charge in [0.2, 0.25) is 0 Å². The van der Waals surface area contributed by atoms with Crippen molar-refractivity contribution in [2.45, 2.75) is 6.92 Å². The van der Waals surface area contributed by atoms with Crippen molar-refractivity contribution >= 4 is 21.8 Å². The first-order chi connectivity index (χ1) is 7.79. The molecule has 0 unspecified atom stereocenters.